The second kappa shape index (κ2) is 8.66. The maximum Gasteiger partial charge on any atom is 0.337 e. The van der Waals surface area contributed by atoms with E-state index in [1.165, 1.54) is 42.3 Å². The van der Waals surface area contributed by atoms with Crippen LogP contribution in [0.5, 0.6) is 0 Å². The lowest BCUT2D eigenvalue weighted by atomic mass is 9.94. The van der Waals surface area contributed by atoms with Crippen molar-refractivity contribution in [3.63, 3.8) is 0 Å². The average molecular weight is 477 g/mol. The summed E-state index contributed by atoms with van der Waals surface area (Å²) in [5.74, 6) is -2.32. The van der Waals surface area contributed by atoms with E-state index in [4.69, 9.17) is 9.84 Å². The van der Waals surface area contributed by atoms with Crippen LogP contribution in [-0.2, 0) is 16.1 Å². The number of ether oxygens (including phenoxy) is 1. The third-order valence-corrected chi connectivity index (χ3v) is 5.31. The average Bonchev–Trinajstić information content (AvgIpc) is 2.72. The van der Waals surface area contributed by atoms with Crippen LogP contribution in [0.25, 0.3) is 0 Å². The lowest BCUT2D eigenvalue weighted by Gasteiger charge is -2.35. The van der Waals surface area contributed by atoms with E-state index in [0.717, 1.165) is 0 Å². The molecule has 0 aliphatic carbocycles. The highest BCUT2D eigenvalue weighted by Gasteiger charge is 2.37. The van der Waals surface area contributed by atoms with Gasteiger partial charge in [-0.05, 0) is 42.8 Å². The van der Waals surface area contributed by atoms with Gasteiger partial charge in [0.2, 0.25) is 0 Å². The number of carbonyl (C=O) groups is 3. The van der Waals surface area contributed by atoms with E-state index in [1.807, 2.05) is 0 Å². The number of allylic oxidation sites excluding steroid dienone is 1. The number of rotatable bonds is 5. The lowest BCUT2D eigenvalue weighted by molar-refractivity contribution is -0.136. The Balaban J connectivity index is 2.02. The molecule has 1 aliphatic heterocycles. The molecule has 3 rings (SSSR count). The molecule has 0 saturated carbocycles. The van der Waals surface area contributed by atoms with Crippen LogP contribution in [-0.4, -0.2) is 35.1 Å². The Morgan fingerprint density at radius 2 is 1.90 bits per heavy atom. The first kappa shape index (κ1) is 21.5. The summed E-state index contributed by atoms with van der Waals surface area (Å²) >= 11 is 3.28. The number of nitrogens with zero attached hydrogens (tertiary/aromatic N) is 1. The molecule has 0 bridgehead atoms. The Morgan fingerprint density at radius 1 is 1.23 bits per heavy atom. The first-order chi connectivity index (χ1) is 14.2. The molecule has 0 fully saturated rings. The summed E-state index contributed by atoms with van der Waals surface area (Å²) in [6.45, 7) is 1.67. The van der Waals surface area contributed by atoms with Crippen LogP contribution in [0.2, 0.25) is 0 Å². The number of esters is 1. The fourth-order valence-electron chi connectivity index (χ4n) is 3.25. The molecule has 1 unspecified atom stereocenters. The van der Waals surface area contributed by atoms with Crippen LogP contribution in [0, 0.1) is 5.82 Å². The molecule has 1 aliphatic rings. The van der Waals surface area contributed by atoms with Crippen molar-refractivity contribution in [1.82, 2.24) is 10.2 Å². The minimum Gasteiger partial charge on any atom is -0.478 e. The number of carboxylic acid groups (broad SMARTS) is 1. The number of hydrogen-bond donors (Lipinski definition) is 2. The van der Waals surface area contributed by atoms with Crippen molar-refractivity contribution >= 4 is 33.9 Å². The van der Waals surface area contributed by atoms with Crippen molar-refractivity contribution in [2.24, 2.45) is 0 Å². The summed E-state index contributed by atoms with van der Waals surface area (Å²) in [6, 6.07) is 8.75. The van der Waals surface area contributed by atoms with Gasteiger partial charge >= 0.3 is 18.0 Å². The Kier molecular flexibility index (Phi) is 6.21. The minimum atomic E-state index is -1.06. The molecule has 2 aromatic carbocycles. The van der Waals surface area contributed by atoms with Crippen molar-refractivity contribution in [2.75, 3.05) is 7.11 Å². The second-order valence-corrected chi connectivity index (χ2v) is 7.54. The van der Waals surface area contributed by atoms with Gasteiger partial charge in [-0.15, -0.1) is 0 Å². The number of aromatic carboxylic acids is 1. The summed E-state index contributed by atoms with van der Waals surface area (Å²) in [4.78, 5) is 37.7. The van der Waals surface area contributed by atoms with E-state index in [0.29, 0.717) is 15.7 Å². The van der Waals surface area contributed by atoms with Crippen molar-refractivity contribution < 1.29 is 28.6 Å². The molecule has 7 nitrogen and oxygen atoms in total. The number of hydrogen-bond acceptors (Lipinski definition) is 4. The Labute approximate surface area is 180 Å². The summed E-state index contributed by atoms with van der Waals surface area (Å²) in [5, 5.41) is 11.7. The molecule has 2 aromatic rings. The van der Waals surface area contributed by atoms with E-state index in [9.17, 15) is 18.8 Å². The van der Waals surface area contributed by atoms with Crippen LogP contribution in [0.1, 0.15) is 34.5 Å². The number of halogens is 2. The Morgan fingerprint density at radius 3 is 2.50 bits per heavy atom. The van der Waals surface area contributed by atoms with Crippen LogP contribution < -0.4 is 5.32 Å². The van der Waals surface area contributed by atoms with E-state index in [-0.39, 0.29) is 23.2 Å². The van der Waals surface area contributed by atoms with Gasteiger partial charge in [-0.1, -0.05) is 28.1 Å². The Bertz CT molecular complexity index is 1050. The zero-order valence-corrected chi connectivity index (χ0v) is 17.7. The molecule has 0 radical (unpaired) electrons. The van der Waals surface area contributed by atoms with Gasteiger partial charge in [-0.3, -0.25) is 4.90 Å². The van der Waals surface area contributed by atoms with Crippen molar-refractivity contribution in [3.05, 3.63) is 80.7 Å². The van der Waals surface area contributed by atoms with E-state index < -0.39 is 29.8 Å². The quantitative estimate of drug-likeness (QED) is 0.635. The number of amides is 2. The van der Waals surface area contributed by atoms with E-state index >= 15 is 0 Å². The highest BCUT2D eigenvalue weighted by Crippen LogP contribution is 2.34. The maximum atomic E-state index is 14.5. The fraction of sp³-hybridized carbons (Fsp3) is 0.190. The summed E-state index contributed by atoms with van der Waals surface area (Å²) in [7, 11) is 1.21. The molecule has 1 atom stereocenters. The van der Waals surface area contributed by atoms with Crippen LogP contribution in [0.3, 0.4) is 0 Å². The molecular weight excluding hydrogens is 459 g/mol. The third kappa shape index (κ3) is 4.20. The van der Waals surface area contributed by atoms with Gasteiger partial charge in [0.05, 0.1) is 30.8 Å². The molecule has 1 heterocycles. The predicted octanol–water partition coefficient (Wildman–Crippen LogP) is 4.00. The van der Waals surface area contributed by atoms with Gasteiger partial charge in [0.1, 0.15) is 5.82 Å². The highest BCUT2D eigenvalue weighted by molar-refractivity contribution is 9.10. The zero-order chi connectivity index (χ0) is 22.0. The summed E-state index contributed by atoms with van der Waals surface area (Å²) in [5.41, 5.74) is 1.33. The van der Waals surface area contributed by atoms with Crippen LogP contribution in [0.4, 0.5) is 9.18 Å². The molecule has 2 N–H and O–H groups in total. The number of urea groups is 1. The largest absolute Gasteiger partial charge is 0.478 e. The molecule has 2 amide bonds. The van der Waals surface area contributed by atoms with Gasteiger partial charge in [0, 0.05) is 15.7 Å². The summed E-state index contributed by atoms with van der Waals surface area (Å²) in [6.07, 6.45) is 0. The molecule has 156 valence electrons. The SMILES string of the molecule is COC(=O)C1=C(C)N(Cc2ccc(C(=O)O)cc2)C(=O)NC1c1cc(Br)ccc1F. The zero-order valence-electron chi connectivity index (χ0n) is 16.1. The molecule has 0 saturated heterocycles. The van der Waals surface area contributed by atoms with Gasteiger partial charge < -0.3 is 15.2 Å². The van der Waals surface area contributed by atoms with Crippen molar-refractivity contribution in [1.29, 1.82) is 0 Å². The first-order valence-corrected chi connectivity index (χ1v) is 9.66. The van der Waals surface area contributed by atoms with Gasteiger partial charge in [-0.25, -0.2) is 18.8 Å². The third-order valence-electron chi connectivity index (χ3n) is 4.81. The number of nitrogens with one attached hydrogen (secondary N) is 1. The number of carboxylic acids is 1. The fourth-order valence-corrected chi connectivity index (χ4v) is 3.63. The second-order valence-electron chi connectivity index (χ2n) is 6.63. The standard InChI is InChI=1S/C21H18BrFN2O5/c1-11-17(20(28)30-2)18(15-9-14(22)7-8-16(15)23)24-21(29)25(11)10-12-3-5-13(6-4-12)19(26)27/h3-9,18H,10H2,1-2H3,(H,24,29)(H,26,27). The number of methoxy groups -OCH3 is 1. The lowest BCUT2D eigenvalue weighted by Crippen LogP contribution is -2.47. The maximum absolute atomic E-state index is 14.5. The molecule has 0 aromatic heterocycles. The number of carbonyl (C=O) groups excluding carboxylic acids is 2. The topological polar surface area (TPSA) is 95.9 Å². The van der Waals surface area contributed by atoms with Crippen molar-refractivity contribution in [3.8, 4) is 0 Å². The van der Waals surface area contributed by atoms with Gasteiger partial charge in [0.25, 0.3) is 0 Å². The van der Waals surface area contributed by atoms with Crippen LogP contribution in [0.15, 0.2) is 58.2 Å². The predicted molar refractivity (Wildman–Crippen MR) is 109 cm³/mol. The molecule has 30 heavy (non-hydrogen) atoms. The van der Waals surface area contributed by atoms with Crippen LogP contribution >= 0.6 is 15.9 Å². The van der Waals surface area contributed by atoms with Gasteiger partial charge in [0.15, 0.2) is 0 Å². The summed E-state index contributed by atoms with van der Waals surface area (Å²) < 4.78 is 20.0. The van der Waals surface area contributed by atoms with Crippen molar-refractivity contribution in [2.45, 2.75) is 19.5 Å². The Hall–Kier alpha value is -3.20. The molecule has 9 heteroatoms. The van der Waals surface area contributed by atoms with E-state index in [1.54, 1.807) is 19.1 Å². The van der Waals surface area contributed by atoms with Gasteiger partial charge in [-0.2, -0.15) is 0 Å². The van der Waals surface area contributed by atoms with E-state index in [2.05, 4.69) is 21.2 Å². The monoisotopic (exact) mass is 476 g/mol. The smallest absolute Gasteiger partial charge is 0.337 e. The highest BCUT2D eigenvalue weighted by atomic mass is 79.9. The molecule has 0 spiro atoms. The normalized spacial score (nSPS) is 16.3. The minimum absolute atomic E-state index is 0.0890. The number of benzene rings is 2. The molecular formula is C21H18BrFN2O5. The first-order valence-electron chi connectivity index (χ1n) is 8.87.